The summed E-state index contributed by atoms with van der Waals surface area (Å²) in [5.41, 5.74) is 15.7. The summed E-state index contributed by atoms with van der Waals surface area (Å²) >= 11 is 0. The topological polar surface area (TPSA) is 161 Å². The maximum absolute atomic E-state index is 9.99. The minimum Gasteiger partial charge on any atom is -0.213 e. The van der Waals surface area contributed by atoms with Gasteiger partial charge in [0.1, 0.15) is 0 Å². The Hall–Kier alpha value is -2.83. The zero-order valence-electron chi connectivity index (χ0n) is 8.65. The molecule has 0 bridgehead atoms. The average Bonchev–Trinajstić information content (AvgIpc) is 2.31. The summed E-state index contributed by atoms with van der Waals surface area (Å²) in [6.45, 7) is 0. The van der Waals surface area contributed by atoms with Crippen molar-refractivity contribution in [2.24, 2.45) is 14.0 Å². The fourth-order valence-electron chi connectivity index (χ4n) is 0.664. The minimum atomic E-state index is -4.27. The molecule has 0 aliphatic rings. The van der Waals surface area contributed by atoms with E-state index in [0.717, 1.165) is 0 Å². The highest BCUT2D eigenvalue weighted by Gasteiger charge is 1.99. The monoisotopic (exact) mass is 267 g/mol. The standard InChI is InChI=1S/C7H5NO.N6O2S/c9-6-8-7-4-2-1-3-5-7;1-3-5-9(7,8)6-4-2/h1-5H;. The quantitative estimate of drug-likeness (QED) is 0.270. The van der Waals surface area contributed by atoms with Crippen LogP contribution in [0.5, 0.6) is 0 Å². The van der Waals surface area contributed by atoms with Crippen molar-refractivity contribution in [1.82, 2.24) is 0 Å². The Kier molecular flexibility index (Phi) is 7.03. The van der Waals surface area contributed by atoms with E-state index in [2.05, 4.69) is 14.0 Å². The van der Waals surface area contributed by atoms with Gasteiger partial charge >= 0.3 is 10.2 Å². The first kappa shape index (κ1) is 15.2. The Morgan fingerprint density at radius 1 is 1.06 bits per heavy atom. The van der Waals surface area contributed by atoms with Gasteiger partial charge in [0.2, 0.25) is 6.08 Å². The molecule has 0 fully saturated rings. The lowest BCUT2D eigenvalue weighted by Gasteiger charge is -1.83. The van der Waals surface area contributed by atoms with Crippen molar-refractivity contribution in [3.63, 3.8) is 0 Å². The van der Waals surface area contributed by atoms with Gasteiger partial charge in [-0.15, -0.1) is 0 Å². The number of para-hydroxylation sites is 1. The lowest BCUT2D eigenvalue weighted by atomic mass is 10.3. The molecule has 0 heterocycles. The Bertz CT molecular complexity index is 598. The Labute approximate surface area is 101 Å². The molecule has 0 amide bonds. The second-order valence-electron chi connectivity index (χ2n) is 2.33. The summed E-state index contributed by atoms with van der Waals surface area (Å²) in [6, 6.07) is 8.98. The SMILES string of the molecule is O=C=Nc1ccccc1.[N-]=[N+]=NS(=O)(=O)N=[N+]=[N-]. The highest BCUT2D eigenvalue weighted by molar-refractivity contribution is 7.88. The van der Waals surface area contributed by atoms with Gasteiger partial charge in [-0.1, -0.05) is 18.2 Å². The third-order valence-electron chi connectivity index (χ3n) is 1.21. The zero-order chi connectivity index (χ0) is 13.9. The lowest BCUT2D eigenvalue weighted by Crippen LogP contribution is -1.82. The van der Waals surface area contributed by atoms with Crippen LogP contribution in [0, 0.1) is 0 Å². The summed E-state index contributed by atoms with van der Waals surface area (Å²) in [5.74, 6) is 0. The molecule has 18 heavy (non-hydrogen) atoms. The molecule has 1 aromatic carbocycles. The van der Waals surface area contributed by atoms with Crippen molar-refractivity contribution >= 4 is 22.0 Å². The van der Waals surface area contributed by atoms with Gasteiger partial charge in [-0.3, -0.25) is 0 Å². The van der Waals surface area contributed by atoms with E-state index in [1.165, 1.54) is 6.08 Å². The number of aliphatic imine (C=N–C) groups is 1. The molecule has 0 saturated heterocycles. The molecule has 92 valence electrons. The number of carbonyl (C=O) groups excluding carboxylic acids is 1. The van der Waals surface area contributed by atoms with Gasteiger partial charge in [0.15, 0.2) is 0 Å². The van der Waals surface area contributed by atoms with Gasteiger partial charge in [-0.25, -0.2) is 13.2 Å². The normalized spacial score (nSPS) is 8.44. The van der Waals surface area contributed by atoms with E-state index in [9.17, 15) is 13.2 Å². The number of benzene rings is 1. The Morgan fingerprint density at radius 3 is 1.94 bits per heavy atom. The molecule has 0 saturated carbocycles. The fourth-order valence-corrected chi connectivity index (χ4v) is 0.881. The van der Waals surface area contributed by atoms with E-state index in [0.29, 0.717) is 5.69 Å². The van der Waals surface area contributed by atoms with Crippen molar-refractivity contribution in [1.29, 1.82) is 0 Å². The summed E-state index contributed by atoms with van der Waals surface area (Å²) in [5, 5.41) is 0. The molecular formula is C7H5N7O3S. The van der Waals surface area contributed by atoms with E-state index in [4.69, 9.17) is 11.1 Å². The van der Waals surface area contributed by atoms with Gasteiger partial charge in [0.25, 0.3) is 0 Å². The Morgan fingerprint density at radius 2 is 1.56 bits per heavy atom. The van der Waals surface area contributed by atoms with Crippen LogP contribution in [-0.4, -0.2) is 14.5 Å². The van der Waals surface area contributed by atoms with Crippen molar-refractivity contribution in [3.8, 4) is 0 Å². The number of isocyanates is 1. The largest absolute Gasteiger partial charge is 0.321 e. The van der Waals surface area contributed by atoms with Gasteiger partial charge in [0.05, 0.1) is 5.69 Å². The third-order valence-corrected chi connectivity index (χ3v) is 1.77. The second kappa shape index (κ2) is 8.34. The van der Waals surface area contributed by atoms with Gasteiger partial charge in [-0.2, -0.15) is 4.99 Å². The fraction of sp³-hybridized carbons (Fsp3) is 0. The van der Waals surface area contributed by atoms with E-state index in [1.807, 2.05) is 28.0 Å². The highest BCUT2D eigenvalue weighted by atomic mass is 32.2. The van der Waals surface area contributed by atoms with Gasteiger partial charge in [0, 0.05) is 18.9 Å². The van der Waals surface area contributed by atoms with Crippen LogP contribution in [0.25, 0.3) is 20.9 Å². The smallest absolute Gasteiger partial charge is 0.213 e. The van der Waals surface area contributed by atoms with Crippen LogP contribution in [0.4, 0.5) is 5.69 Å². The number of hydrogen-bond acceptors (Lipinski definition) is 4. The first-order chi connectivity index (χ1) is 8.55. The van der Waals surface area contributed by atoms with E-state index in [1.54, 1.807) is 12.1 Å². The number of azide groups is 1. The molecule has 0 aliphatic heterocycles. The summed E-state index contributed by atoms with van der Waals surface area (Å²) in [4.78, 5) is 16.9. The molecule has 1 aromatic rings. The molecule has 0 spiro atoms. The van der Waals surface area contributed by atoms with Crippen LogP contribution in [0.1, 0.15) is 0 Å². The van der Waals surface area contributed by atoms with Crippen molar-refractivity contribution in [2.75, 3.05) is 0 Å². The number of rotatable bonds is 3. The van der Waals surface area contributed by atoms with Gasteiger partial charge < -0.3 is 0 Å². The minimum absolute atomic E-state index is 0.646. The molecule has 0 atom stereocenters. The van der Waals surface area contributed by atoms with Crippen LogP contribution < -0.4 is 0 Å². The Balaban J connectivity index is 0.000000321. The predicted octanol–water partition coefficient (Wildman–Crippen LogP) is 2.51. The first-order valence-corrected chi connectivity index (χ1v) is 5.46. The molecule has 0 aliphatic carbocycles. The number of nitrogens with zero attached hydrogens (tertiary/aromatic N) is 7. The molecule has 0 aromatic heterocycles. The predicted molar refractivity (Wildman–Crippen MR) is 61.4 cm³/mol. The van der Waals surface area contributed by atoms with E-state index < -0.39 is 10.2 Å². The summed E-state index contributed by atoms with van der Waals surface area (Å²) < 4.78 is 24.3. The van der Waals surface area contributed by atoms with Crippen molar-refractivity contribution in [2.45, 2.75) is 0 Å². The summed E-state index contributed by atoms with van der Waals surface area (Å²) in [7, 11) is -4.27. The third kappa shape index (κ3) is 7.46. The second-order valence-corrected chi connectivity index (χ2v) is 3.55. The van der Waals surface area contributed by atoms with Crippen LogP contribution >= 0.6 is 0 Å². The zero-order valence-corrected chi connectivity index (χ0v) is 9.47. The molecule has 10 nitrogen and oxygen atoms in total. The van der Waals surface area contributed by atoms with Crippen LogP contribution in [0.2, 0.25) is 0 Å². The van der Waals surface area contributed by atoms with E-state index in [-0.39, 0.29) is 0 Å². The molecular weight excluding hydrogens is 262 g/mol. The highest BCUT2D eigenvalue weighted by Crippen LogP contribution is 2.06. The lowest BCUT2D eigenvalue weighted by molar-refractivity contribution is 0.565. The summed E-state index contributed by atoms with van der Waals surface area (Å²) in [6.07, 6.45) is 1.46. The number of hydrogen-bond donors (Lipinski definition) is 0. The molecule has 1 rings (SSSR count). The van der Waals surface area contributed by atoms with Crippen LogP contribution in [0.15, 0.2) is 44.4 Å². The van der Waals surface area contributed by atoms with Crippen LogP contribution in [0.3, 0.4) is 0 Å². The van der Waals surface area contributed by atoms with Gasteiger partial charge in [-0.05, 0) is 23.2 Å². The first-order valence-electron chi connectivity index (χ1n) is 4.06. The molecule has 0 N–H and O–H groups in total. The molecule has 11 heteroatoms. The molecule has 0 radical (unpaired) electrons. The maximum Gasteiger partial charge on any atom is 0.321 e. The molecule has 0 unspecified atom stereocenters. The van der Waals surface area contributed by atoms with Crippen LogP contribution in [-0.2, 0) is 15.0 Å². The average molecular weight is 267 g/mol. The van der Waals surface area contributed by atoms with Crippen molar-refractivity contribution < 1.29 is 13.2 Å². The van der Waals surface area contributed by atoms with Crippen molar-refractivity contribution in [3.05, 3.63) is 51.2 Å². The van der Waals surface area contributed by atoms with E-state index >= 15 is 0 Å². The maximum atomic E-state index is 9.99.